The molecule has 1 nitrogen and oxygen atoms in total. The minimum absolute atomic E-state index is 0.542. The van der Waals surface area contributed by atoms with E-state index >= 15 is 0 Å². The molecule has 0 bridgehead atoms. The van der Waals surface area contributed by atoms with Crippen molar-refractivity contribution in [2.45, 2.75) is 39.2 Å². The fourth-order valence-corrected chi connectivity index (χ4v) is 3.87. The SMILES string of the molecule is CSCCCCNC1CSCC(C)(C)C1. The summed E-state index contributed by atoms with van der Waals surface area (Å²) in [5, 5.41) is 3.71. The lowest BCUT2D eigenvalue weighted by Gasteiger charge is -2.35. The van der Waals surface area contributed by atoms with E-state index in [1.165, 1.54) is 43.1 Å². The molecule has 0 saturated carbocycles. The molecule has 1 unspecified atom stereocenters. The van der Waals surface area contributed by atoms with Crippen molar-refractivity contribution in [3.63, 3.8) is 0 Å². The van der Waals surface area contributed by atoms with Crippen LogP contribution >= 0.6 is 23.5 Å². The van der Waals surface area contributed by atoms with Gasteiger partial charge in [-0.2, -0.15) is 23.5 Å². The van der Waals surface area contributed by atoms with Crippen LogP contribution in [0.2, 0.25) is 0 Å². The van der Waals surface area contributed by atoms with Gasteiger partial charge in [-0.1, -0.05) is 13.8 Å². The molecule has 90 valence electrons. The van der Waals surface area contributed by atoms with Crippen molar-refractivity contribution in [3.8, 4) is 0 Å². The number of rotatable bonds is 6. The summed E-state index contributed by atoms with van der Waals surface area (Å²) < 4.78 is 0. The summed E-state index contributed by atoms with van der Waals surface area (Å²) in [6.07, 6.45) is 6.23. The lowest BCUT2D eigenvalue weighted by Crippen LogP contribution is -2.40. The van der Waals surface area contributed by atoms with Crippen LogP contribution in [-0.4, -0.2) is 36.1 Å². The van der Waals surface area contributed by atoms with Crippen molar-refractivity contribution in [1.82, 2.24) is 5.32 Å². The Kier molecular flexibility index (Phi) is 6.48. The molecule has 1 aliphatic rings. The number of hydrogen-bond donors (Lipinski definition) is 1. The maximum absolute atomic E-state index is 3.71. The standard InChI is InChI=1S/C12H25NS2/c1-12(2)8-11(9-15-10-12)13-6-4-5-7-14-3/h11,13H,4-10H2,1-3H3. The monoisotopic (exact) mass is 247 g/mol. The third kappa shape index (κ3) is 6.08. The first kappa shape index (κ1) is 13.7. The third-order valence-electron chi connectivity index (χ3n) is 2.82. The molecule has 1 heterocycles. The molecule has 0 aromatic carbocycles. The van der Waals surface area contributed by atoms with Gasteiger partial charge in [0.1, 0.15) is 0 Å². The maximum atomic E-state index is 3.71. The molecule has 1 fully saturated rings. The summed E-state index contributed by atoms with van der Waals surface area (Å²) in [4.78, 5) is 0. The van der Waals surface area contributed by atoms with Gasteiger partial charge >= 0.3 is 0 Å². The molecule has 1 rings (SSSR count). The van der Waals surface area contributed by atoms with Gasteiger partial charge in [-0.25, -0.2) is 0 Å². The van der Waals surface area contributed by atoms with Crippen molar-refractivity contribution in [2.24, 2.45) is 5.41 Å². The highest BCUT2D eigenvalue weighted by Crippen LogP contribution is 2.33. The summed E-state index contributed by atoms with van der Waals surface area (Å²) in [5.74, 6) is 3.95. The van der Waals surface area contributed by atoms with Crippen LogP contribution < -0.4 is 5.32 Å². The molecule has 1 atom stereocenters. The van der Waals surface area contributed by atoms with Crippen molar-refractivity contribution >= 4 is 23.5 Å². The van der Waals surface area contributed by atoms with E-state index in [-0.39, 0.29) is 0 Å². The van der Waals surface area contributed by atoms with Gasteiger partial charge in [0.05, 0.1) is 0 Å². The minimum atomic E-state index is 0.542. The topological polar surface area (TPSA) is 12.0 Å². The lowest BCUT2D eigenvalue weighted by atomic mass is 9.88. The Hall–Kier alpha value is 0.660. The second kappa shape index (κ2) is 7.08. The quantitative estimate of drug-likeness (QED) is 0.724. The van der Waals surface area contributed by atoms with Crippen molar-refractivity contribution in [2.75, 3.05) is 30.1 Å². The van der Waals surface area contributed by atoms with Crippen LogP contribution in [-0.2, 0) is 0 Å². The zero-order valence-corrected chi connectivity index (χ0v) is 12.0. The second-order valence-corrected chi connectivity index (χ2v) is 7.25. The first-order valence-corrected chi connectivity index (χ1v) is 8.49. The Labute approximate surface area is 104 Å². The predicted octanol–water partition coefficient (Wildman–Crippen LogP) is 3.25. The molecule has 0 radical (unpaired) electrons. The van der Waals surface area contributed by atoms with E-state index in [0.717, 1.165) is 6.04 Å². The Bertz CT molecular complexity index is 171. The number of unbranched alkanes of at least 4 members (excludes halogenated alkanes) is 1. The van der Waals surface area contributed by atoms with Crippen LogP contribution in [0.25, 0.3) is 0 Å². The summed E-state index contributed by atoms with van der Waals surface area (Å²) in [6, 6.07) is 0.757. The van der Waals surface area contributed by atoms with E-state index in [1.54, 1.807) is 0 Å². The van der Waals surface area contributed by atoms with Crippen molar-refractivity contribution < 1.29 is 0 Å². The van der Waals surface area contributed by atoms with E-state index < -0.39 is 0 Å². The van der Waals surface area contributed by atoms with Gasteiger partial charge in [0.25, 0.3) is 0 Å². The van der Waals surface area contributed by atoms with Crippen LogP contribution in [0.15, 0.2) is 0 Å². The van der Waals surface area contributed by atoms with Crippen LogP contribution in [0.4, 0.5) is 0 Å². The highest BCUT2D eigenvalue weighted by atomic mass is 32.2. The van der Waals surface area contributed by atoms with E-state index in [4.69, 9.17) is 0 Å². The van der Waals surface area contributed by atoms with E-state index in [2.05, 4.69) is 37.2 Å². The Morgan fingerprint density at radius 3 is 2.87 bits per heavy atom. The molecule has 0 aromatic heterocycles. The fourth-order valence-electron chi connectivity index (χ4n) is 2.07. The Morgan fingerprint density at radius 1 is 1.40 bits per heavy atom. The summed E-state index contributed by atoms with van der Waals surface area (Å²) in [6.45, 7) is 5.99. The molecule has 1 aliphatic heterocycles. The van der Waals surface area contributed by atoms with Gasteiger partial charge in [0.2, 0.25) is 0 Å². The van der Waals surface area contributed by atoms with Crippen LogP contribution in [0.1, 0.15) is 33.1 Å². The highest BCUT2D eigenvalue weighted by molar-refractivity contribution is 7.99. The zero-order chi connectivity index (χ0) is 11.1. The predicted molar refractivity (Wildman–Crippen MR) is 75.1 cm³/mol. The molecule has 1 N–H and O–H groups in total. The summed E-state index contributed by atoms with van der Waals surface area (Å²) >= 11 is 4.07. The third-order valence-corrected chi connectivity index (χ3v) is 5.14. The second-order valence-electron chi connectivity index (χ2n) is 5.23. The minimum Gasteiger partial charge on any atom is -0.313 e. The van der Waals surface area contributed by atoms with Crippen LogP contribution in [0.5, 0.6) is 0 Å². The first-order valence-electron chi connectivity index (χ1n) is 5.94. The van der Waals surface area contributed by atoms with Crippen LogP contribution in [0.3, 0.4) is 0 Å². The molecule has 15 heavy (non-hydrogen) atoms. The largest absolute Gasteiger partial charge is 0.313 e. The van der Waals surface area contributed by atoms with Gasteiger partial charge in [0.15, 0.2) is 0 Å². The summed E-state index contributed by atoms with van der Waals surface area (Å²) in [7, 11) is 0. The molecule has 3 heteroatoms. The average molecular weight is 247 g/mol. The first-order chi connectivity index (χ1) is 7.14. The number of thioether (sulfide) groups is 2. The lowest BCUT2D eigenvalue weighted by molar-refractivity contribution is 0.318. The molecular weight excluding hydrogens is 222 g/mol. The van der Waals surface area contributed by atoms with Crippen LogP contribution in [0, 0.1) is 5.41 Å². The van der Waals surface area contributed by atoms with Crippen molar-refractivity contribution in [1.29, 1.82) is 0 Å². The fraction of sp³-hybridized carbons (Fsp3) is 1.00. The van der Waals surface area contributed by atoms with Gasteiger partial charge in [0, 0.05) is 11.8 Å². The smallest absolute Gasteiger partial charge is 0.0163 e. The highest BCUT2D eigenvalue weighted by Gasteiger charge is 2.27. The molecule has 0 amide bonds. The number of hydrogen-bond acceptors (Lipinski definition) is 3. The van der Waals surface area contributed by atoms with Gasteiger partial charge < -0.3 is 5.32 Å². The molecule has 0 aliphatic carbocycles. The summed E-state index contributed by atoms with van der Waals surface area (Å²) in [5.41, 5.74) is 0.542. The Balaban J connectivity index is 2.05. The molecule has 0 spiro atoms. The maximum Gasteiger partial charge on any atom is 0.0163 e. The normalized spacial score (nSPS) is 25.4. The molecular formula is C12H25NS2. The van der Waals surface area contributed by atoms with E-state index in [1.807, 2.05) is 11.8 Å². The Morgan fingerprint density at radius 2 is 2.20 bits per heavy atom. The zero-order valence-electron chi connectivity index (χ0n) is 10.3. The molecule has 1 saturated heterocycles. The number of nitrogens with one attached hydrogen (secondary N) is 1. The van der Waals surface area contributed by atoms with Gasteiger partial charge in [-0.05, 0) is 49.0 Å². The van der Waals surface area contributed by atoms with E-state index in [9.17, 15) is 0 Å². The van der Waals surface area contributed by atoms with Gasteiger partial charge in [-0.15, -0.1) is 0 Å². The van der Waals surface area contributed by atoms with Crippen molar-refractivity contribution in [3.05, 3.63) is 0 Å². The van der Waals surface area contributed by atoms with E-state index in [0.29, 0.717) is 5.41 Å². The van der Waals surface area contributed by atoms with Gasteiger partial charge in [-0.3, -0.25) is 0 Å². The molecule has 0 aromatic rings. The average Bonchev–Trinajstić information content (AvgIpc) is 2.16.